The van der Waals surface area contributed by atoms with Crippen molar-refractivity contribution in [1.82, 2.24) is 0 Å². The highest BCUT2D eigenvalue weighted by atomic mass is 16.5. The Morgan fingerprint density at radius 1 is 1.16 bits per heavy atom. The molecule has 0 aliphatic rings. The molecule has 19 heavy (non-hydrogen) atoms. The molecule has 1 amide bonds. The lowest BCUT2D eigenvalue weighted by Gasteiger charge is -2.15. The predicted octanol–water partition coefficient (Wildman–Crippen LogP) is 1.39. The van der Waals surface area contributed by atoms with Crippen LogP contribution in [0.5, 0.6) is 17.2 Å². The number of hydrogen-bond acceptors (Lipinski definition) is 5. The molecule has 0 saturated heterocycles. The number of amides is 1. The molecule has 0 unspecified atom stereocenters. The molecule has 106 valence electrons. The van der Waals surface area contributed by atoms with E-state index in [4.69, 9.17) is 19.9 Å². The Kier molecular flexibility index (Phi) is 5.95. The van der Waals surface area contributed by atoms with Gasteiger partial charge in [0, 0.05) is 18.6 Å². The number of anilines is 1. The molecule has 6 nitrogen and oxygen atoms in total. The molecule has 0 fully saturated rings. The quantitative estimate of drug-likeness (QED) is 0.780. The number of nitrogens with two attached hydrogens (primary N) is 1. The van der Waals surface area contributed by atoms with Gasteiger partial charge in [-0.15, -0.1) is 0 Å². The van der Waals surface area contributed by atoms with E-state index in [0.717, 1.165) is 0 Å². The highest BCUT2D eigenvalue weighted by Crippen LogP contribution is 2.38. The maximum absolute atomic E-state index is 11.8. The molecule has 0 saturated carbocycles. The average Bonchev–Trinajstić information content (AvgIpc) is 2.44. The lowest BCUT2D eigenvalue weighted by molar-refractivity contribution is -0.116. The molecule has 0 spiro atoms. The molecule has 0 heterocycles. The standard InChI is InChI=1S/C13H20N2O4/c1-17-9-7-10(18-2)13(11(8-9)19-3)15-12(16)5-4-6-14/h7-8H,4-6,14H2,1-3H3,(H,15,16). The van der Waals surface area contributed by atoms with E-state index in [2.05, 4.69) is 5.32 Å². The first kappa shape index (κ1) is 15.1. The topological polar surface area (TPSA) is 82.8 Å². The van der Waals surface area contributed by atoms with E-state index in [9.17, 15) is 4.79 Å². The number of nitrogens with one attached hydrogen (secondary N) is 1. The lowest BCUT2D eigenvalue weighted by Crippen LogP contribution is -2.14. The van der Waals surface area contributed by atoms with Gasteiger partial charge in [0.1, 0.15) is 22.9 Å². The highest BCUT2D eigenvalue weighted by molar-refractivity contribution is 5.94. The van der Waals surface area contributed by atoms with E-state index < -0.39 is 0 Å². The molecular weight excluding hydrogens is 248 g/mol. The second-order valence-corrected chi connectivity index (χ2v) is 3.85. The normalized spacial score (nSPS) is 9.89. The van der Waals surface area contributed by atoms with Gasteiger partial charge in [-0.1, -0.05) is 0 Å². The number of benzene rings is 1. The third-order valence-corrected chi connectivity index (χ3v) is 2.59. The van der Waals surface area contributed by atoms with Crippen LogP contribution in [0.2, 0.25) is 0 Å². The van der Waals surface area contributed by atoms with Crippen molar-refractivity contribution >= 4 is 11.6 Å². The highest BCUT2D eigenvalue weighted by Gasteiger charge is 2.15. The van der Waals surface area contributed by atoms with Gasteiger partial charge in [0.05, 0.1) is 21.3 Å². The third-order valence-electron chi connectivity index (χ3n) is 2.59. The van der Waals surface area contributed by atoms with Crippen molar-refractivity contribution in [2.75, 3.05) is 33.2 Å². The summed E-state index contributed by atoms with van der Waals surface area (Å²) in [6.07, 6.45) is 0.988. The molecule has 0 aromatic heterocycles. The number of carbonyl (C=O) groups excluding carboxylic acids is 1. The SMILES string of the molecule is COc1cc(OC)c(NC(=O)CCCN)c(OC)c1. The van der Waals surface area contributed by atoms with Gasteiger partial charge >= 0.3 is 0 Å². The first-order chi connectivity index (χ1) is 9.15. The summed E-state index contributed by atoms with van der Waals surface area (Å²) in [5, 5.41) is 2.77. The Balaban J connectivity index is 3.00. The van der Waals surface area contributed by atoms with Crippen LogP contribution in [0.3, 0.4) is 0 Å². The summed E-state index contributed by atoms with van der Waals surface area (Å²) in [5.41, 5.74) is 5.87. The number of ether oxygens (including phenoxy) is 3. The van der Waals surface area contributed by atoms with Crippen LogP contribution in [-0.4, -0.2) is 33.8 Å². The van der Waals surface area contributed by atoms with Crippen molar-refractivity contribution in [2.45, 2.75) is 12.8 Å². The van der Waals surface area contributed by atoms with Crippen LogP contribution in [0.15, 0.2) is 12.1 Å². The first-order valence-electron chi connectivity index (χ1n) is 5.96. The Hall–Kier alpha value is -1.95. The molecule has 0 atom stereocenters. The van der Waals surface area contributed by atoms with Gasteiger partial charge in [-0.3, -0.25) is 4.79 Å². The number of hydrogen-bond donors (Lipinski definition) is 2. The summed E-state index contributed by atoms with van der Waals surface area (Å²) in [4.78, 5) is 11.8. The van der Waals surface area contributed by atoms with E-state index >= 15 is 0 Å². The summed E-state index contributed by atoms with van der Waals surface area (Å²) in [6, 6.07) is 3.36. The second kappa shape index (κ2) is 7.48. The van der Waals surface area contributed by atoms with Crippen molar-refractivity contribution in [2.24, 2.45) is 5.73 Å². The fraction of sp³-hybridized carbons (Fsp3) is 0.462. The van der Waals surface area contributed by atoms with Crippen LogP contribution in [0.25, 0.3) is 0 Å². The van der Waals surface area contributed by atoms with Gasteiger partial charge in [-0.2, -0.15) is 0 Å². The Bertz CT molecular complexity index is 410. The first-order valence-corrected chi connectivity index (χ1v) is 5.96. The van der Waals surface area contributed by atoms with Gasteiger partial charge in [-0.05, 0) is 13.0 Å². The Labute approximate surface area is 112 Å². The van der Waals surface area contributed by atoms with Gasteiger partial charge in [-0.25, -0.2) is 0 Å². The van der Waals surface area contributed by atoms with Gasteiger partial charge in [0.2, 0.25) is 5.91 Å². The van der Waals surface area contributed by atoms with Crippen LogP contribution < -0.4 is 25.3 Å². The monoisotopic (exact) mass is 268 g/mol. The summed E-state index contributed by atoms with van der Waals surface area (Å²) in [6.45, 7) is 0.476. The minimum absolute atomic E-state index is 0.132. The molecule has 1 rings (SSSR count). The van der Waals surface area contributed by atoms with Crippen molar-refractivity contribution in [3.8, 4) is 17.2 Å². The summed E-state index contributed by atoms with van der Waals surface area (Å²) >= 11 is 0. The van der Waals surface area contributed by atoms with Crippen LogP contribution in [0, 0.1) is 0 Å². The van der Waals surface area contributed by atoms with Crippen molar-refractivity contribution in [3.63, 3.8) is 0 Å². The van der Waals surface area contributed by atoms with Crippen molar-refractivity contribution in [1.29, 1.82) is 0 Å². The van der Waals surface area contributed by atoms with E-state index in [1.807, 2.05) is 0 Å². The molecule has 0 radical (unpaired) electrons. The Morgan fingerprint density at radius 2 is 1.74 bits per heavy atom. The maximum atomic E-state index is 11.8. The zero-order chi connectivity index (χ0) is 14.3. The molecule has 0 aliphatic carbocycles. The lowest BCUT2D eigenvalue weighted by atomic mass is 10.2. The smallest absolute Gasteiger partial charge is 0.224 e. The van der Waals surface area contributed by atoms with Crippen molar-refractivity contribution in [3.05, 3.63) is 12.1 Å². The maximum Gasteiger partial charge on any atom is 0.224 e. The number of methoxy groups -OCH3 is 3. The van der Waals surface area contributed by atoms with Crippen LogP contribution in [0.1, 0.15) is 12.8 Å². The number of carbonyl (C=O) groups is 1. The van der Waals surface area contributed by atoms with Gasteiger partial charge < -0.3 is 25.3 Å². The molecule has 3 N–H and O–H groups in total. The minimum atomic E-state index is -0.132. The zero-order valence-electron chi connectivity index (χ0n) is 11.5. The average molecular weight is 268 g/mol. The molecule has 1 aromatic carbocycles. The molecule has 0 aliphatic heterocycles. The summed E-state index contributed by atoms with van der Waals surface area (Å²) in [7, 11) is 4.58. The van der Waals surface area contributed by atoms with Gasteiger partial charge in [0.25, 0.3) is 0 Å². The van der Waals surface area contributed by atoms with E-state index in [1.54, 1.807) is 19.2 Å². The van der Waals surface area contributed by atoms with Crippen LogP contribution in [-0.2, 0) is 4.79 Å². The summed E-state index contributed by atoms with van der Waals surface area (Å²) in [5.74, 6) is 1.43. The third kappa shape index (κ3) is 4.03. The zero-order valence-corrected chi connectivity index (χ0v) is 11.5. The largest absolute Gasteiger partial charge is 0.496 e. The second-order valence-electron chi connectivity index (χ2n) is 3.85. The van der Waals surface area contributed by atoms with Crippen LogP contribution >= 0.6 is 0 Å². The minimum Gasteiger partial charge on any atom is -0.496 e. The van der Waals surface area contributed by atoms with Crippen LogP contribution in [0.4, 0.5) is 5.69 Å². The van der Waals surface area contributed by atoms with E-state index in [-0.39, 0.29) is 5.91 Å². The molecule has 0 bridgehead atoms. The Morgan fingerprint density at radius 3 is 2.16 bits per heavy atom. The van der Waals surface area contributed by atoms with E-state index in [1.165, 1.54) is 14.2 Å². The number of rotatable bonds is 7. The van der Waals surface area contributed by atoms with E-state index in [0.29, 0.717) is 42.3 Å². The molecule has 1 aromatic rings. The molecular formula is C13H20N2O4. The predicted molar refractivity (Wildman–Crippen MR) is 73.0 cm³/mol. The van der Waals surface area contributed by atoms with Gasteiger partial charge in [0.15, 0.2) is 0 Å². The van der Waals surface area contributed by atoms with Crippen molar-refractivity contribution < 1.29 is 19.0 Å². The summed E-state index contributed by atoms with van der Waals surface area (Å²) < 4.78 is 15.6. The molecule has 6 heteroatoms. The fourth-order valence-electron chi connectivity index (χ4n) is 1.59. The fourth-order valence-corrected chi connectivity index (χ4v) is 1.59.